The maximum atomic E-state index is 13.4. The highest BCUT2D eigenvalue weighted by Crippen LogP contribution is 2.46. The molecule has 1 N–H and O–H groups in total. The van der Waals surface area contributed by atoms with Crippen molar-refractivity contribution in [3.63, 3.8) is 0 Å². The molecule has 0 saturated carbocycles. The van der Waals surface area contributed by atoms with Crippen molar-refractivity contribution < 1.29 is 8.42 Å². The normalized spacial score (nSPS) is 23.7. The largest absolute Gasteiger partial charge is 0.313 e. The molecule has 154 valence electrons. The first kappa shape index (κ1) is 19.5. The highest BCUT2D eigenvalue weighted by atomic mass is 32.2. The van der Waals surface area contributed by atoms with Crippen LogP contribution in [0.1, 0.15) is 22.6 Å². The lowest BCUT2D eigenvalue weighted by Gasteiger charge is -2.58. The quantitative estimate of drug-likeness (QED) is 0.694. The summed E-state index contributed by atoms with van der Waals surface area (Å²) in [7, 11) is -3.50. The second-order valence-electron chi connectivity index (χ2n) is 8.41. The number of piperazine rings is 1. The molecule has 3 aromatic rings. The highest BCUT2D eigenvalue weighted by molar-refractivity contribution is 7.89. The van der Waals surface area contributed by atoms with Crippen LogP contribution in [-0.4, -0.2) is 37.9 Å². The van der Waals surface area contributed by atoms with Crippen molar-refractivity contribution in [2.24, 2.45) is 0 Å². The van der Waals surface area contributed by atoms with Crippen molar-refractivity contribution in [3.8, 4) is 11.1 Å². The number of nitrogens with zero attached hydrogens (tertiary/aromatic N) is 1. The number of piperidine rings is 1. The SMILES string of the molecule is Cc1cccc(-c2ccc(C3[C@H]4CNC[C@@H]3N4S(=O)(=O)c3ccccc3C)cc2)c1. The van der Waals surface area contributed by atoms with E-state index in [1.807, 2.05) is 19.1 Å². The van der Waals surface area contributed by atoms with Gasteiger partial charge in [-0.2, -0.15) is 4.31 Å². The molecule has 4 nitrogen and oxygen atoms in total. The topological polar surface area (TPSA) is 49.4 Å². The number of sulfonamides is 1. The van der Waals surface area contributed by atoms with Crippen molar-refractivity contribution in [1.29, 1.82) is 0 Å². The minimum Gasteiger partial charge on any atom is -0.313 e. The maximum Gasteiger partial charge on any atom is 0.243 e. The van der Waals surface area contributed by atoms with Crippen LogP contribution in [0, 0.1) is 13.8 Å². The first-order valence-electron chi connectivity index (χ1n) is 10.4. The molecule has 0 amide bonds. The van der Waals surface area contributed by atoms with Crippen LogP contribution in [0.25, 0.3) is 11.1 Å². The Bertz CT molecular complexity index is 1180. The van der Waals surface area contributed by atoms with E-state index in [9.17, 15) is 8.42 Å². The summed E-state index contributed by atoms with van der Waals surface area (Å²) in [5, 5.41) is 3.39. The molecule has 2 saturated heterocycles. The van der Waals surface area contributed by atoms with E-state index in [2.05, 4.69) is 60.8 Å². The van der Waals surface area contributed by atoms with Gasteiger partial charge in [0.15, 0.2) is 0 Å². The molecule has 5 rings (SSSR count). The molecule has 2 bridgehead atoms. The first-order valence-corrected chi connectivity index (χ1v) is 11.9. The summed E-state index contributed by atoms with van der Waals surface area (Å²) in [6, 6.07) is 24.3. The molecule has 2 heterocycles. The summed E-state index contributed by atoms with van der Waals surface area (Å²) in [6.45, 7) is 5.34. The van der Waals surface area contributed by atoms with Gasteiger partial charge in [0.25, 0.3) is 0 Å². The van der Waals surface area contributed by atoms with Gasteiger partial charge >= 0.3 is 0 Å². The second kappa shape index (κ2) is 7.34. The van der Waals surface area contributed by atoms with Crippen LogP contribution >= 0.6 is 0 Å². The zero-order valence-corrected chi connectivity index (χ0v) is 18.1. The first-order chi connectivity index (χ1) is 14.5. The van der Waals surface area contributed by atoms with E-state index in [-0.39, 0.29) is 18.0 Å². The molecule has 0 spiro atoms. The molecule has 2 aliphatic rings. The Morgan fingerprint density at radius 1 is 0.833 bits per heavy atom. The smallest absolute Gasteiger partial charge is 0.243 e. The van der Waals surface area contributed by atoms with Gasteiger partial charge in [-0.05, 0) is 42.2 Å². The predicted octanol–water partition coefficient (Wildman–Crippen LogP) is 4.10. The summed E-state index contributed by atoms with van der Waals surface area (Å²) < 4.78 is 28.5. The lowest BCUT2D eigenvalue weighted by atomic mass is 9.74. The van der Waals surface area contributed by atoms with Crippen LogP contribution in [0.2, 0.25) is 0 Å². The van der Waals surface area contributed by atoms with Gasteiger partial charge in [-0.3, -0.25) is 0 Å². The van der Waals surface area contributed by atoms with E-state index in [0.29, 0.717) is 18.0 Å². The van der Waals surface area contributed by atoms with Crippen molar-refractivity contribution >= 4 is 10.0 Å². The van der Waals surface area contributed by atoms with E-state index < -0.39 is 10.0 Å². The third-order valence-electron chi connectivity index (χ3n) is 6.49. The molecule has 0 radical (unpaired) electrons. The van der Waals surface area contributed by atoms with Crippen LogP contribution in [0.15, 0.2) is 77.7 Å². The van der Waals surface area contributed by atoms with E-state index in [0.717, 1.165) is 5.56 Å². The number of nitrogens with one attached hydrogen (secondary N) is 1. The number of fused-ring (bicyclic) bond motifs is 2. The summed E-state index contributed by atoms with van der Waals surface area (Å²) in [5.41, 5.74) is 5.66. The van der Waals surface area contributed by atoms with Crippen LogP contribution in [0.4, 0.5) is 0 Å². The summed E-state index contributed by atoms with van der Waals surface area (Å²) in [4.78, 5) is 0.426. The summed E-state index contributed by atoms with van der Waals surface area (Å²) in [6.07, 6.45) is 0. The average Bonchev–Trinajstić information content (AvgIpc) is 2.75. The summed E-state index contributed by atoms with van der Waals surface area (Å²) in [5.74, 6) is 0.233. The van der Waals surface area contributed by atoms with Gasteiger partial charge in [-0.1, -0.05) is 72.3 Å². The Hall–Kier alpha value is -2.47. The molecule has 3 aromatic carbocycles. The second-order valence-corrected chi connectivity index (χ2v) is 10.2. The lowest BCUT2D eigenvalue weighted by Crippen LogP contribution is -2.73. The lowest BCUT2D eigenvalue weighted by molar-refractivity contribution is 0.0370. The minimum atomic E-state index is -3.50. The third kappa shape index (κ3) is 3.09. The van der Waals surface area contributed by atoms with E-state index in [1.165, 1.54) is 22.3 Å². The predicted molar refractivity (Wildman–Crippen MR) is 120 cm³/mol. The minimum absolute atomic E-state index is 0.0434. The summed E-state index contributed by atoms with van der Waals surface area (Å²) >= 11 is 0. The molecular formula is C25H26N2O2S. The molecule has 1 unspecified atom stereocenters. The Kier molecular flexibility index (Phi) is 4.77. The molecule has 5 heteroatoms. The number of hydrogen-bond acceptors (Lipinski definition) is 3. The zero-order chi connectivity index (χ0) is 20.9. The van der Waals surface area contributed by atoms with Gasteiger partial charge in [-0.15, -0.1) is 0 Å². The van der Waals surface area contributed by atoms with Gasteiger partial charge in [0.05, 0.1) is 4.90 Å². The van der Waals surface area contributed by atoms with E-state index in [1.54, 1.807) is 16.4 Å². The van der Waals surface area contributed by atoms with Gasteiger partial charge in [0, 0.05) is 31.1 Å². The number of benzene rings is 3. The Labute approximate surface area is 178 Å². The standard InChI is InChI=1S/C25H26N2O2S/c1-17-6-5-8-21(14-17)19-10-12-20(13-11-19)25-22-15-26-16-23(25)27(22)30(28,29)24-9-4-3-7-18(24)2/h3-14,22-23,25-26H,15-16H2,1-2H3/t22-,23+,25?. The van der Waals surface area contributed by atoms with Crippen LogP contribution in [0.3, 0.4) is 0 Å². The van der Waals surface area contributed by atoms with Gasteiger partial charge in [0.1, 0.15) is 0 Å². The average molecular weight is 419 g/mol. The third-order valence-corrected chi connectivity index (χ3v) is 8.60. The molecule has 2 aliphatic heterocycles. The molecule has 3 atom stereocenters. The van der Waals surface area contributed by atoms with Crippen molar-refractivity contribution in [2.45, 2.75) is 36.7 Å². The Morgan fingerprint density at radius 2 is 1.53 bits per heavy atom. The van der Waals surface area contributed by atoms with Gasteiger partial charge in [-0.25, -0.2) is 8.42 Å². The molecule has 0 aromatic heterocycles. The molecule has 2 fully saturated rings. The van der Waals surface area contributed by atoms with Crippen molar-refractivity contribution in [3.05, 3.63) is 89.5 Å². The van der Waals surface area contributed by atoms with Crippen molar-refractivity contribution in [2.75, 3.05) is 13.1 Å². The van der Waals surface area contributed by atoms with Crippen LogP contribution in [-0.2, 0) is 10.0 Å². The van der Waals surface area contributed by atoms with E-state index in [4.69, 9.17) is 0 Å². The Balaban J connectivity index is 1.43. The van der Waals surface area contributed by atoms with Crippen molar-refractivity contribution in [1.82, 2.24) is 9.62 Å². The van der Waals surface area contributed by atoms with Gasteiger partial charge < -0.3 is 5.32 Å². The molecule has 0 aliphatic carbocycles. The number of hydrogen-bond donors (Lipinski definition) is 1. The monoisotopic (exact) mass is 418 g/mol. The number of rotatable bonds is 4. The Morgan fingerprint density at radius 3 is 2.20 bits per heavy atom. The maximum absolute atomic E-state index is 13.4. The fourth-order valence-corrected chi connectivity index (χ4v) is 7.09. The van der Waals surface area contributed by atoms with Crippen LogP contribution in [0.5, 0.6) is 0 Å². The van der Waals surface area contributed by atoms with Crippen LogP contribution < -0.4 is 5.32 Å². The molecular weight excluding hydrogens is 392 g/mol. The fourth-order valence-electron chi connectivity index (χ4n) is 5.01. The number of aryl methyl sites for hydroxylation is 2. The highest BCUT2D eigenvalue weighted by Gasteiger charge is 2.56. The zero-order valence-electron chi connectivity index (χ0n) is 17.2. The fraction of sp³-hybridized carbons (Fsp3) is 0.280. The van der Waals surface area contributed by atoms with E-state index >= 15 is 0 Å². The van der Waals surface area contributed by atoms with Gasteiger partial charge in [0.2, 0.25) is 10.0 Å². The molecule has 30 heavy (non-hydrogen) atoms.